The lowest BCUT2D eigenvalue weighted by Gasteiger charge is -2.14. The average molecular weight is 560 g/mol. The molecule has 0 atom stereocenters. The highest BCUT2D eigenvalue weighted by Crippen LogP contribution is 2.37. The van der Waals surface area contributed by atoms with Crippen molar-refractivity contribution in [2.24, 2.45) is 0 Å². The SMILES string of the molecule is COc1cc2nccc(Oc3ccc(NC(=S)NC(=O)Cc4ccccc4C(F)(F)F)cc3F)c2cc1OC. The Labute approximate surface area is 225 Å². The number of ether oxygens (including phenoxy) is 3. The molecule has 4 aromatic rings. The number of carbonyl (C=O) groups excluding carboxylic acids is 1. The number of hydrogen-bond acceptors (Lipinski definition) is 6. The van der Waals surface area contributed by atoms with Gasteiger partial charge in [-0.2, -0.15) is 13.2 Å². The van der Waals surface area contributed by atoms with Crippen LogP contribution in [0.15, 0.2) is 66.9 Å². The van der Waals surface area contributed by atoms with Gasteiger partial charge >= 0.3 is 6.18 Å². The van der Waals surface area contributed by atoms with E-state index in [4.69, 9.17) is 26.4 Å². The maximum absolute atomic E-state index is 14.9. The van der Waals surface area contributed by atoms with E-state index in [-0.39, 0.29) is 22.1 Å². The molecule has 1 heterocycles. The molecule has 4 rings (SSSR count). The first-order valence-electron chi connectivity index (χ1n) is 11.3. The van der Waals surface area contributed by atoms with Crippen LogP contribution in [0.1, 0.15) is 11.1 Å². The number of nitrogens with one attached hydrogen (secondary N) is 2. The first-order chi connectivity index (χ1) is 18.6. The number of amides is 1. The van der Waals surface area contributed by atoms with Crippen LogP contribution in [0, 0.1) is 5.82 Å². The number of alkyl halides is 3. The number of aromatic nitrogens is 1. The molecular weight excluding hydrogens is 538 g/mol. The highest BCUT2D eigenvalue weighted by atomic mass is 32.1. The first kappa shape index (κ1) is 27.6. The molecule has 0 aliphatic heterocycles. The van der Waals surface area contributed by atoms with Gasteiger partial charge in [0.15, 0.2) is 28.2 Å². The third-order valence-electron chi connectivity index (χ3n) is 5.54. The van der Waals surface area contributed by atoms with E-state index in [0.717, 1.165) is 12.1 Å². The van der Waals surface area contributed by atoms with Gasteiger partial charge in [0.05, 0.1) is 31.7 Å². The van der Waals surface area contributed by atoms with Crippen molar-refractivity contribution in [1.82, 2.24) is 10.3 Å². The summed E-state index contributed by atoms with van der Waals surface area (Å²) in [5, 5.41) is 5.29. The minimum atomic E-state index is -4.60. The van der Waals surface area contributed by atoms with Crippen molar-refractivity contribution in [2.45, 2.75) is 12.6 Å². The maximum Gasteiger partial charge on any atom is 0.416 e. The maximum atomic E-state index is 14.9. The molecule has 7 nitrogen and oxygen atoms in total. The molecule has 39 heavy (non-hydrogen) atoms. The summed E-state index contributed by atoms with van der Waals surface area (Å²) >= 11 is 5.06. The highest BCUT2D eigenvalue weighted by Gasteiger charge is 2.33. The number of carbonyl (C=O) groups is 1. The van der Waals surface area contributed by atoms with Crippen molar-refractivity contribution in [3.63, 3.8) is 0 Å². The van der Waals surface area contributed by atoms with E-state index in [1.165, 1.54) is 50.7 Å². The molecule has 3 aromatic carbocycles. The van der Waals surface area contributed by atoms with Gasteiger partial charge in [0.1, 0.15) is 5.75 Å². The van der Waals surface area contributed by atoms with E-state index in [9.17, 15) is 22.4 Å². The van der Waals surface area contributed by atoms with Crippen LogP contribution in [0.5, 0.6) is 23.0 Å². The van der Waals surface area contributed by atoms with E-state index in [1.54, 1.807) is 18.2 Å². The first-order valence-corrected chi connectivity index (χ1v) is 11.7. The van der Waals surface area contributed by atoms with Gasteiger partial charge in [-0.25, -0.2) is 4.39 Å². The summed E-state index contributed by atoms with van der Waals surface area (Å²) < 4.78 is 70.8. The zero-order valence-electron chi connectivity index (χ0n) is 20.6. The highest BCUT2D eigenvalue weighted by molar-refractivity contribution is 7.80. The Morgan fingerprint density at radius 1 is 0.949 bits per heavy atom. The predicted molar refractivity (Wildman–Crippen MR) is 141 cm³/mol. The van der Waals surface area contributed by atoms with Crippen LogP contribution in [0.4, 0.5) is 23.2 Å². The fourth-order valence-corrected chi connectivity index (χ4v) is 4.01. The Balaban J connectivity index is 1.44. The van der Waals surface area contributed by atoms with Crippen LogP contribution in [-0.4, -0.2) is 30.2 Å². The van der Waals surface area contributed by atoms with Crippen molar-refractivity contribution in [2.75, 3.05) is 19.5 Å². The van der Waals surface area contributed by atoms with Crippen LogP contribution >= 0.6 is 12.2 Å². The fourth-order valence-electron chi connectivity index (χ4n) is 3.77. The molecule has 0 aliphatic rings. The van der Waals surface area contributed by atoms with Crippen molar-refractivity contribution in [3.8, 4) is 23.0 Å². The molecule has 2 N–H and O–H groups in total. The summed E-state index contributed by atoms with van der Waals surface area (Å²) in [5.74, 6) is -0.354. The van der Waals surface area contributed by atoms with Gasteiger partial charge in [0.25, 0.3) is 0 Å². The van der Waals surface area contributed by atoms with Crippen molar-refractivity contribution < 1.29 is 36.6 Å². The number of benzene rings is 3. The number of anilines is 1. The number of halogens is 4. The summed E-state index contributed by atoms with van der Waals surface area (Å²) in [6.07, 6.45) is -3.64. The van der Waals surface area contributed by atoms with Gasteiger partial charge in [-0.15, -0.1) is 0 Å². The lowest BCUT2D eigenvalue weighted by Crippen LogP contribution is -2.35. The Morgan fingerprint density at radius 3 is 2.36 bits per heavy atom. The van der Waals surface area contributed by atoms with E-state index in [0.29, 0.717) is 28.2 Å². The summed E-state index contributed by atoms with van der Waals surface area (Å²) in [5.41, 5.74) is -0.372. The molecule has 0 saturated heterocycles. The molecule has 0 aliphatic carbocycles. The van der Waals surface area contributed by atoms with Crippen molar-refractivity contribution in [3.05, 3.63) is 83.8 Å². The molecular formula is C27H21F4N3O4S. The number of rotatable bonds is 7. The molecule has 202 valence electrons. The average Bonchev–Trinajstić information content (AvgIpc) is 2.89. The second-order valence-corrected chi connectivity index (χ2v) is 8.52. The third-order valence-corrected chi connectivity index (χ3v) is 5.75. The third kappa shape index (κ3) is 6.52. The molecule has 1 amide bonds. The predicted octanol–water partition coefficient (Wildman–Crippen LogP) is 6.26. The Kier molecular flexibility index (Phi) is 8.15. The van der Waals surface area contributed by atoms with Crippen LogP contribution in [0.3, 0.4) is 0 Å². The van der Waals surface area contributed by atoms with Crippen LogP contribution in [0.25, 0.3) is 10.9 Å². The fraction of sp³-hybridized carbons (Fsp3) is 0.148. The van der Waals surface area contributed by atoms with Gasteiger partial charge in [-0.3, -0.25) is 9.78 Å². The Bertz CT molecular complexity index is 1550. The lowest BCUT2D eigenvalue weighted by molar-refractivity contribution is -0.138. The molecule has 0 radical (unpaired) electrons. The lowest BCUT2D eigenvalue weighted by atomic mass is 10.0. The number of hydrogen-bond donors (Lipinski definition) is 2. The van der Waals surface area contributed by atoms with E-state index in [1.807, 2.05) is 0 Å². The summed E-state index contributed by atoms with van der Waals surface area (Å²) in [6, 6.07) is 13.6. The standard InChI is InChI=1S/C27H21F4N3O4S/c1-36-23-13-17-20(14-24(23)37-2)32-10-9-21(17)38-22-8-7-16(12-19(22)28)33-26(39)34-25(35)11-15-5-3-4-6-18(15)27(29,30)31/h3-10,12-14H,11H2,1-2H3,(H2,33,34,35,39). The zero-order chi connectivity index (χ0) is 28.2. The monoisotopic (exact) mass is 559 g/mol. The minimum Gasteiger partial charge on any atom is -0.493 e. The van der Waals surface area contributed by atoms with Gasteiger partial charge in [-0.05, 0) is 48.1 Å². The van der Waals surface area contributed by atoms with Crippen molar-refractivity contribution in [1.29, 1.82) is 0 Å². The number of fused-ring (bicyclic) bond motifs is 1. The number of methoxy groups -OCH3 is 2. The van der Waals surface area contributed by atoms with E-state index in [2.05, 4.69) is 15.6 Å². The van der Waals surface area contributed by atoms with Gasteiger partial charge in [-0.1, -0.05) is 18.2 Å². The summed E-state index contributed by atoms with van der Waals surface area (Å²) in [7, 11) is 2.99. The van der Waals surface area contributed by atoms with Crippen LogP contribution in [-0.2, 0) is 17.4 Å². The quantitative estimate of drug-likeness (QED) is 0.204. The summed E-state index contributed by atoms with van der Waals surface area (Å²) in [4.78, 5) is 16.6. The topological polar surface area (TPSA) is 81.7 Å². The molecule has 0 spiro atoms. The molecule has 1 aromatic heterocycles. The second-order valence-electron chi connectivity index (χ2n) is 8.11. The van der Waals surface area contributed by atoms with Crippen molar-refractivity contribution >= 4 is 39.8 Å². The minimum absolute atomic E-state index is 0.0958. The molecule has 0 bridgehead atoms. The second kappa shape index (κ2) is 11.5. The van der Waals surface area contributed by atoms with Gasteiger partial charge in [0, 0.05) is 29.4 Å². The van der Waals surface area contributed by atoms with E-state index < -0.39 is 29.9 Å². The van der Waals surface area contributed by atoms with Gasteiger partial charge in [0.2, 0.25) is 5.91 Å². The number of nitrogens with zero attached hydrogens (tertiary/aromatic N) is 1. The Hall–Kier alpha value is -4.45. The smallest absolute Gasteiger partial charge is 0.416 e. The normalized spacial score (nSPS) is 11.1. The molecule has 0 saturated carbocycles. The summed E-state index contributed by atoms with van der Waals surface area (Å²) in [6.45, 7) is 0. The molecule has 0 unspecified atom stereocenters. The van der Waals surface area contributed by atoms with Crippen LogP contribution < -0.4 is 24.8 Å². The Morgan fingerprint density at radius 2 is 1.67 bits per heavy atom. The zero-order valence-corrected chi connectivity index (χ0v) is 21.4. The number of pyridine rings is 1. The number of thiocarbonyl (C=S) groups is 1. The van der Waals surface area contributed by atoms with E-state index >= 15 is 0 Å². The molecule has 0 fully saturated rings. The largest absolute Gasteiger partial charge is 0.493 e. The van der Waals surface area contributed by atoms with Gasteiger partial charge < -0.3 is 24.8 Å². The molecule has 12 heteroatoms. The van der Waals surface area contributed by atoms with Crippen LogP contribution in [0.2, 0.25) is 0 Å².